The van der Waals surface area contributed by atoms with Gasteiger partial charge in [0, 0.05) is 31.8 Å². The molecular formula is C17H22N2O4. The van der Waals surface area contributed by atoms with Crippen LogP contribution >= 0.6 is 0 Å². The lowest BCUT2D eigenvalue weighted by Crippen LogP contribution is -2.45. The third-order valence-corrected chi connectivity index (χ3v) is 3.85. The third-order valence-electron chi connectivity index (χ3n) is 3.85. The van der Waals surface area contributed by atoms with Crippen molar-refractivity contribution in [3.63, 3.8) is 0 Å². The van der Waals surface area contributed by atoms with E-state index in [1.807, 2.05) is 25.1 Å². The van der Waals surface area contributed by atoms with Gasteiger partial charge in [-0.05, 0) is 30.7 Å². The van der Waals surface area contributed by atoms with E-state index in [4.69, 9.17) is 14.2 Å². The van der Waals surface area contributed by atoms with Crippen LogP contribution in [0.15, 0.2) is 24.3 Å². The van der Waals surface area contributed by atoms with Gasteiger partial charge in [-0.2, -0.15) is 0 Å². The molecule has 2 aliphatic heterocycles. The van der Waals surface area contributed by atoms with Crippen LogP contribution in [0.3, 0.4) is 0 Å². The molecular weight excluding hydrogens is 296 g/mol. The van der Waals surface area contributed by atoms with Gasteiger partial charge in [0.2, 0.25) is 12.7 Å². The highest BCUT2D eigenvalue weighted by molar-refractivity contribution is 5.92. The molecule has 23 heavy (non-hydrogen) atoms. The Hall–Kier alpha value is -2.05. The maximum atomic E-state index is 12.0. The Balaban J connectivity index is 1.48. The smallest absolute Gasteiger partial charge is 0.244 e. The molecule has 0 saturated carbocycles. The Bertz CT molecular complexity index is 582. The number of hydrogen-bond donors (Lipinski definition) is 1. The summed E-state index contributed by atoms with van der Waals surface area (Å²) < 4.78 is 15.9. The second-order valence-electron chi connectivity index (χ2n) is 5.77. The lowest BCUT2D eigenvalue weighted by molar-refractivity contribution is -0.117. The number of amides is 1. The second-order valence-corrected chi connectivity index (χ2v) is 5.77. The molecule has 124 valence electrons. The quantitative estimate of drug-likeness (QED) is 0.829. The molecule has 1 aromatic rings. The summed E-state index contributed by atoms with van der Waals surface area (Å²) in [5, 5.41) is 2.99. The molecule has 0 aromatic heterocycles. The minimum Gasteiger partial charge on any atom is -0.454 e. The molecule has 1 N–H and O–H groups in total. The summed E-state index contributed by atoms with van der Waals surface area (Å²) in [5.41, 5.74) is 0.908. The molecule has 1 atom stereocenters. The van der Waals surface area contributed by atoms with Crippen LogP contribution in [0.5, 0.6) is 11.5 Å². The number of nitrogens with one attached hydrogen (secondary N) is 1. The van der Waals surface area contributed by atoms with Crippen molar-refractivity contribution in [3.05, 3.63) is 29.8 Å². The molecule has 6 nitrogen and oxygen atoms in total. The van der Waals surface area contributed by atoms with Crippen LogP contribution in [-0.2, 0) is 9.53 Å². The number of carbonyl (C=O) groups excluding carboxylic acids is 1. The molecule has 2 heterocycles. The summed E-state index contributed by atoms with van der Waals surface area (Å²) in [6.45, 7) is 6.49. The predicted molar refractivity (Wildman–Crippen MR) is 86.5 cm³/mol. The zero-order chi connectivity index (χ0) is 16.1. The first kappa shape index (κ1) is 15.8. The number of carbonyl (C=O) groups is 1. The molecule has 0 bridgehead atoms. The first-order valence-corrected chi connectivity index (χ1v) is 7.89. The Labute approximate surface area is 136 Å². The zero-order valence-electron chi connectivity index (χ0n) is 13.3. The number of rotatable bonds is 5. The van der Waals surface area contributed by atoms with Gasteiger partial charge in [-0.1, -0.05) is 6.07 Å². The molecule has 0 spiro atoms. The van der Waals surface area contributed by atoms with E-state index in [2.05, 4.69) is 10.2 Å². The largest absolute Gasteiger partial charge is 0.454 e. The van der Waals surface area contributed by atoms with Gasteiger partial charge in [-0.3, -0.25) is 9.69 Å². The molecule has 1 saturated heterocycles. The van der Waals surface area contributed by atoms with Gasteiger partial charge in [0.1, 0.15) is 0 Å². The maximum absolute atomic E-state index is 12.0. The Kier molecular flexibility index (Phi) is 5.15. The normalized spacial score (nSPS) is 19.0. The van der Waals surface area contributed by atoms with Crippen LogP contribution in [0.25, 0.3) is 6.08 Å². The minimum atomic E-state index is -0.0940. The number of hydrogen-bond acceptors (Lipinski definition) is 5. The molecule has 6 heteroatoms. The summed E-state index contributed by atoms with van der Waals surface area (Å²) in [6, 6.07) is 5.71. The van der Waals surface area contributed by atoms with Crippen molar-refractivity contribution in [1.29, 1.82) is 0 Å². The fourth-order valence-corrected chi connectivity index (χ4v) is 2.70. The Morgan fingerprint density at radius 1 is 1.30 bits per heavy atom. The molecule has 1 fully saturated rings. The van der Waals surface area contributed by atoms with Gasteiger partial charge < -0.3 is 19.5 Å². The lowest BCUT2D eigenvalue weighted by Gasteiger charge is -2.29. The molecule has 0 aliphatic carbocycles. The second kappa shape index (κ2) is 7.48. The standard InChI is InChI=1S/C17H22N2O4/c1-13(11-19-6-8-21-9-7-19)18-17(20)5-3-14-2-4-15-16(10-14)23-12-22-15/h2-5,10,13H,6-9,11-12H2,1H3,(H,18,20)/b5-3+. The van der Waals surface area contributed by atoms with Crippen LogP contribution < -0.4 is 14.8 Å². The van der Waals surface area contributed by atoms with E-state index in [1.54, 1.807) is 12.2 Å². The van der Waals surface area contributed by atoms with E-state index >= 15 is 0 Å². The van der Waals surface area contributed by atoms with Gasteiger partial charge in [0.05, 0.1) is 13.2 Å². The fraction of sp³-hybridized carbons (Fsp3) is 0.471. The first-order chi connectivity index (χ1) is 11.2. The Morgan fingerprint density at radius 2 is 2.09 bits per heavy atom. The van der Waals surface area contributed by atoms with Crippen LogP contribution in [0, 0.1) is 0 Å². The van der Waals surface area contributed by atoms with E-state index in [0.717, 1.165) is 44.2 Å². The number of ether oxygens (including phenoxy) is 3. The zero-order valence-corrected chi connectivity index (χ0v) is 13.3. The van der Waals surface area contributed by atoms with Gasteiger partial charge >= 0.3 is 0 Å². The highest BCUT2D eigenvalue weighted by Gasteiger charge is 2.15. The summed E-state index contributed by atoms with van der Waals surface area (Å²) in [5.74, 6) is 1.36. The maximum Gasteiger partial charge on any atom is 0.244 e. The van der Waals surface area contributed by atoms with E-state index in [0.29, 0.717) is 5.75 Å². The van der Waals surface area contributed by atoms with Crippen molar-refractivity contribution in [2.75, 3.05) is 39.6 Å². The topological polar surface area (TPSA) is 60.0 Å². The number of fused-ring (bicyclic) bond motifs is 1. The van der Waals surface area contributed by atoms with Crippen molar-refractivity contribution in [2.45, 2.75) is 13.0 Å². The van der Waals surface area contributed by atoms with Crippen LogP contribution in [0.2, 0.25) is 0 Å². The van der Waals surface area contributed by atoms with E-state index in [-0.39, 0.29) is 18.7 Å². The van der Waals surface area contributed by atoms with Gasteiger partial charge in [-0.15, -0.1) is 0 Å². The highest BCUT2D eigenvalue weighted by Crippen LogP contribution is 2.32. The van der Waals surface area contributed by atoms with E-state index in [9.17, 15) is 4.79 Å². The molecule has 0 radical (unpaired) electrons. The summed E-state index contributed by atoms with van der Waals surface area (Å²) in [7, 11) is 0. The number of nitrogens with zero attached hydrogens (tertiary/aromatic N) is 1. The van der Waals surface area contributed by atoms with E-state index < -0.39 is 0 Å². The van der Waals surface area contributed by atoms with Crippen molar-refractivity contribution < 1.29 is 19.0 Å². The van der Waals surface area contributed by atoms with Crippen molar-refractivity contribution in [1.82, 2.24) is 10.2 Å². The molecule has 3 rings (SSSR count). The predicted octanol–water partition coefficient (Wildman–Crippen LogP) is 1.27. The average molecular weight is 318 g/mol. The lowest BCUT2D eigenvalue weighted by atomic mass is 10.2. The van der Waals surface area contributed by atoms with Crippen molar-refractivity contribution in [2.24, 2.45) is 0 Å². The van der Waals surface area contributed by atoms with Crippen LogP contribution in [0.1, 0.15) is 12.5 Å². The summed E-state index contributed by atoms with van der Waals surface area (Å²) >= 11 is 0. The summed E-state index contributed by atoms with van der Waals surface area (Å²) in [6.07, 6.45) is 3.33. The number of morpholine rings is 1. The van der Waals surface area contributed by atoms with Gasteiger partial charge in [-0.25, -0.2) is 0 Å². The fourth-order valence-electron chi connectivity index (χ4n) is 2.70. The van der Waals surface area contributed by atoms with Crippen LogP contribution in [0.4, 0.5) is 0 Å². The molecule has 1 aromatic carbocycles. The van der Waals surface area contributed by atoms with Gasteiger partial charge in [0.25, 0.3) is 0 Å². The monoisotopic (exact) mass is 318 g/mol. The SMILES string of the molecule is CC(CN1CCOCC1)NC(=O)/C=C/c1ccc2c(c1)OCO2. The molecule has 1 amide bonds. The number of benzene rings is 1. The Morgan fingerprint density at radius 3 is 2.91 bits per heavy atom. The van der Waals surface area contributed by atoms with Crippen molar-refractivity contribution in [3.8, 4) is 11.5 Å². The third kappa shape index (κ3) is 4.46. The van der Waals surface area contributed by atoms with E-state index in [1.165, 1.54) is 0 Å². The summed E-state index contributed by atoms with van der Waals surface area (Å²) in [4.78, 5) is 14.3. The van der Waals surface area contributed by atoms with Crippen LogP contribution in [-0.4, -0.2) is 56.5 Å². The average Bonchev–Trinajstić information content (AvgIpc) is 3.01. The van der Waals surface area contributed by atoms with Gasteiger partial charge in [0.15, 0.2) is 11.5 Å². The highest BCUT2D eigenvalue weighted by atomic mass is 16.7. The first-order valence-electron chi connectivity index (χ1n) is 7.89. The minimum absolute atomic E-state index is 0.0940. The molecule has 2 aliphatic rings. The van der Waals surface area contributed by atoms with Crippen molar-refractivity contribution >= 4 is 12.0 Å². The molecule has 1 unspecified atom stereocenters.